The van der Waals surface area contributed by atoms with Gasteiger partial charge in [-0.3, -0.25) is 9.88 Å². The SMILES string of the molecule is Cc1cnc(CN2CCCC(N(C)C)C2)c(C)c1N. The lowest BCUT2D eigenvalue weighted by Crippen LogP contribution is -2.44. The van der Waals surface area contributed by atoms with E-state index in [9.17, 15) is 0 Å². The van der Waals surface area contributed by atoms with Gasteiger partial charge in [0.15, 0.2) is 0 Å². The molecule has 0 radical (unpaired) electrons. The second kappa shape index (κ2) is 5.88. The van der Waals surface area contributed by atoms with Crippen molar-refractivity contribution in [2.45, 2.75) is 39.3 Å². The topological polar surface area (TPSA) is 45.4 Å². The fraction of sp³-hybridized carbons (Fsp3) is 0.667. The standard InChI is InChI=1S/C15H26N4/c1-11-8-17-14(12(2)15(11)16)10-19-7-5-6-13(9-19)18(3)4/h8,13H,5-7,9-10H2,1-4H3,(H2,16,17). The van der Waals surface area contributed by atoms with E-state index in [2.05, 4.69) is 35.8 Å². The summed E-state index contributed by atoms with van der Waals surface area (Å²) in [6, 6.07) is 0.664. The van der Waals surface area contributed by atoms with Crippen molar-refractivity contribution < 1.29 is 0 Å². The number of anilines is 1. The number of likely N-dealkylation sites (N-methyl/N-ethyl adjacent to an activating group) is 1. The van der Waals surface area contributed by atoms with Crippen LogP contribution in [0.5, 0.6) is 0 Å². The van der Waals surface area contributed by atoms with Crippen LogP contribution in [0.1, 0.15) is 29.7 Å². The predicted octanol–water partition coefficient (Wildman–Crippen LogP) is 1.81. The Hall–Kier alpha value is -1.13. The van der Waals surface area contributed by atoms with Crippen LogP contribution in [-0.4, -0.2) is 48.0 Å². The number of nitrogens with two attached hydrogens (primary N) is 1. The van der Waals surface area contributed by atoms with Gasteiger partial charge >= 0.3 is 0 Å². The van der Waals surface area contributed by atoms with Gasteiger partial charge in [-0.2, -0.15) is 0 Å². The molecule has 2 N–H and O–H groups in total. The average Bonchev–Trinajstić information content (AvgIpc) is 2.40. The molecule has 0 spiro atoms. The highest BCUT2D eigenvalue weighted by Gasteiger charge is 2.22. The van der Waals surface area contributed by atoms with E-state index >= 15 is 0 Å². The van der Waals surface area contributed by atoms with Gasteiger partial charge in [-0.25, -0.2) is 0 Å². The van der Waals surface area contributed by atoms with Crippen molar-refractivity contribution in [2.24, 2.45) is 0 Å². The van der Waals surface area contributed by atoms with Crippen LogP contribution in [0.2, 0.25) is 0 Å². The molecule has 0 amide bonds. The van der Waals surface area contributed by atoms with Crippen LogP contribution in [-0.2, 0) is 6.54 Å². The maximum atomic E-state index is 6.10. The van der Waals surface area contributed by atoms with Gasteiger partial charge < -0.3 is 10.6 Å². The van der Waals surface area contributed by atoms with Gasteiger partial charge in [-0.1, -0.05) is 0 Å². The normalized spacial score (nSPS) is 21.0. The van der Waals surface area contributed by atoms with Gasteiger partial charge in [-0.05, 0) is 58.5 Å². The number of hydrogen-bond acceptors (Lipinski definition) is 4. The first-order chi connectivity index (χ1) is 8.99. The number of likely N-dealkylation sites (tertiary alicyclic amines) is 1. The lowest BCUT2D eigenvalue weighted by atomic mass is 10.0. The Bertz CT molecular complexity index is 442. The van der Waals surface area contributed by atoms with Crippen molar-refractivity contribution in [1.29, 1.82) is 0 Å². The molecule has 1 aliphatic heterocycles. The quantitative estimate of drug-likeness (QED) is 0.902. The van der Waals surface area contributed by atoms with Crippen LogP contribution in [0.25, 0.3) is 0 Å². The minimum absolute atomic E-state index is 0.664. The Morgan fingerprint density at radius 3 is 2.84 bits per heavy atom. The van der Waals surface area contributed by atoms with Crippen LogP contribution < -0.4 is 5.73 Å². The molecule has 0 saturated carbocycles. The van der Waals surface area contributed by atoms with E-state index in [1.807, 2.05) is 13.1 Å². The number of pyridine rings is 1. The molecule has 1 aliphatic rings. The van der Waals surface area contributed by atoms with E-state index in [0.29, 0.717) is 6.04 Å². The maximum Gasteiger partial charge on any atom is 0.0593 e. The lowest BCUT2D eigenvalue weighted by Gasteiger charge is -2.36. The Morgan fingerprint density at radius 1 is 1.42 bits per heavy atom. The van der Waals surface area contributed by atoms with E-state index in [-0.39, 0.29) is 0 Å². The summed E-state index contributed by atoms with van der Waals surface area (Å²) in [6.45, 7) is 7.31. The van der Waals surface area contributed by atoms with Crippen molar-refractivity contribution in [1.82, 2.24) is 14.8 Å². The summed E-state index contributed by atoms with van der Waals surface area (Å²) in [5.74, 6) is 0. The molecule has 1 saturated heterocycles. The Labute approximate surface area is 116 Å². The van der Waals surface area contributed by atoms with Crippen molar-refractivity contribution in [2.75, 3.05) is 32.9 Å². The molecule has 4 heteroatoms. The molecule has 1 fully saturated rings. The fourth-order valence-corrected chi connectivity index (χ4v) is 2.76. The second-order valence-corrected chi connectivity index (χ2v) is 5.92. The molecule has 1 aromatic heterocycles. The number of aromatic nitrogens is 1. The molecule has 0 aromatic carbocycles. The third-order valence-electron chi connectivity index (χ3n) is 4.26. The zero-order valence-electron chi connectivity index (χ0n) is 12.6. The summed E-state index contributed by atoms with van der Waals surface area (Å²) in [6.07, 6.45) is 4.46. The Balaban J connectivity index is 2.07. The summed E-state index contributed by atoms with van der Waals surface area (Å²) in [4.78, 5) is 9.39. The van der Waals surface area contributed by atoms with Crippen LogP contribution in [0.3, 0.4) is 0 Å². The van der Waals surface area contributed by atoms with Crippen molar-refractivity contribution in [3.8, 4) is 0 Å². The van der Waals surface area contributed by atoms with Gasteiger partial charge in [0.25, 0.3) is 0 Å². The summed E-state index contributed by atoms with van der Waals surface area (Å²) in [5.41, 5.74) is 10.3. The minimum Gasteiger partial charge on any atom is -0.398 e. The number of rotatable bonds is 3. The first-order valence-electron chi connectivity index (χ1n) is 7.08. The molecule has 2 rings (SSSR count). The number of aryl methyl sites for hydroxylation is 1. The molecule has 0 aliphatic carbocycles. The highest BCUT2D eigenvalue weighted by Crippen LogP contribution is 2.21. The van der Waals surface area contributed by atoms with Crippen LogP contribution in [0, 0.1) is 13.8 Å². The van der Waals surface area contributed by atoms with Gasteiger partial charge in [0.1, 0.15) is 0 Å². The smallest absolute Gasteiger partial charge is 0.0593 e. The summed E-state index contributed by atoms with van der Waals surface area (Å²) < 4.78 is 0. The number of nitrogen functional groups attached to an aromatic ring is 1. The molecular weight excluding hydrogens is 236 g/mol. The van der Waals surface area contributed by atoms with Gasteiger partial charge in [0, 0.05) is 31.0 Å². The minimum atomic E-state index is 0.664. The van der Waals surface area contributed by atoms with E-state index in [4.69, 9.17) is 5.73 Å². The number of piperidine rings is 1. The predicted molar refractivity (Wildman–Crippen MR) is 80.1 cm³/mol. The molecule has 2 heterocycles. The van der Waals surface area contributed by atoms with Crippen LogP contribution in [0.15, 0.2) is 6.20 Å². The zero-order valence-corrected chi connectivity index (χ0v) is 12.6. The Morgan fingerprint density at radius 2 is 2.16 bits per heavy atom. The maximum absolute atomic E-state index is 6.10. The van der Waals surface area contributed by atoms with E-state index in [1.54, 1.807) is 0 Å². The second-order valence-electron chi connectivity index (χ2n) is 5.92. The zero-order chi connectivity index (χ0) is 14.0. The van der Waals surface area contributed by atoms with Gasteiger partial charge in [0.2, 0.25) is 0 Å². The molecule has 106 valence electrons. The highest BCUT2D eigenvalue weighted by atomic mass is 15.2. The van der Waals surface area contributed by atoms with Crippen molar-refractivity contribution in [3.05, 3.63) is 23.0 Å². The molecular formula is C15H26N4. The first kappa shape index (κ1) is 14.3. The summed E-state index contributed by atoms with van der Waals surface area (Å²) in [5, 5.41) is 0. The van der Waals surface area contributed by atoms with E-state index in [1.165, 1.54) is 19.4 Å². The highest BCUT2D eigenvalue weighted by molar-refractivity contribution is 5.53. The average molecular weight is 262 g/mol. The fourth-order valence-electron chi connectivity index (χ4n) is 2.76. The van der Waals surface area contributed by atoms with Crippen LogP contribution in [0.4, 0.5) is 5.69 Å². The number of hydrogen-bond donors (Lipinski definition) is 1. The first-order valence-corrected chi connectivity index (χ1v) is 7.08. The molecule has 19 heavy (non-hydrogen) atoms. The molecule has 0 bridgehead atoms. The monoisotopic (exact) mass is 262 g/mol. The summed E-state index contributed by atoms with van der Waals surface area (Å²) >= 11 is 0. The van der Waals surface area contributed by atoms with Crippen molar-refractivity contribution in [3.63, 3.8) is 0 Å². The van der Waals surface area contributed by atoms with E-state index < -0.39 is 0 Å². The third-order valence-corrected chi connectivity index (χ3v) is 4.26. The van der Waals surface area contributed by atoms with E-state index in [0.717, 1.165) is 35.6 Å². The van der Waals surface area contributed by atoms with Crippen molar-refractivity contribution >= 4 is 5.69 Å². The molecule has 1 atom stereocenters. The molecule has 1 aromatic rings. The number of nitrogens with zero attached hydrogens (tertiary/aromatic N) is 3. The van der Waals surface area contributed by atoms with Gasteiger partial charge in [0.05, 0.1) is 5.69 Å². The molecule has 1 unspecified atom stereocenters. The largest absolute Gasteiger partial charge is 0.398 e. The Kier molecular flexibility index (Phi) is 4.42. The third kappa shape index (κ3) is 3.25. The van der Waals surface area contributed by atoms with Gasteiger partial charge in [-0.15, -0.1) is 0 Å². The summed E-state index contributed by atoms with van der Waals surface area (Å²) in [7, 11) is 4.34. The molecule has 4 nitrogen and oxygen atoms in total. The lowest BCUT2D eigenvalue weighted by molar-refractivity contribution is 0.126. The van der Waals surface area contributed by atoms with Crippen LogP contribution >= 0.6 is 0 Å².